The maximum atomic E-state index is 6.31. The highest BCUT2D eigenvalue weighted by Gasteiger charge is 2.27. The van der Waals surface area contributed by atoms with Gasteiger partial charge in [0.2, 0.25) is 0 Å². The smallest absolute Gasteiger partial charge is 0.126 e. The first-order chi connectivity index (χ1) is 10.2. The molecule has 0 aromatic heterocycles. The van der Waals surface area contributed by atoms with E-state index in [4.69, 9.17) is 15.2 Å². The number of rotatable bonds is 3. The monoisotopic (exact) mass is 347 g/mol. The molecule has 2 atom stereocenters. The molecule has 1 unspecified atom stereocenters. The van der Waals surface area contributed by atoms with Crippen LogP contribution in [0.3, 0.4) is 0 Å². The van der Waals surface area contributed by atoms with Crippen LogP contribution in [0.25, 0.3) is 0 Å². The van der Waals surface area contributed by atoms with E-state index in [9.17, 15) is 0 Å². The number of halogens is 1. The first-order valence-electron chi connectivity index (χ1n) is 7.12. The Labute approximate surface area is 133 Å². The Morgan fingerprint density at radius 1 is 1.29 bits per heavy atom. The lowest BCUT2D eigenvalue weighted by atomic mass is 9.93. The van der Waals surface area contributed by atoms with E-state index >= 15 is 0 Å². The molecule has 0 bridgehead atoms. The Balaban J connectivity index is 1.88. The molecule has 110 valence electrons. The lowest BCUT2D eigenvalue weighted by Gasteiger charge is -2.31. The van der Waals surface area contributed by atoms with Crippen LogP contribution in [-0.4, -0.2) is 6.61 Å². The SMILES string of the molecule is CCOc1cccc(C2C[C@H](N)c3cc(Br)ccc3O2)c1. The molecular formula is C17H18BrNO2. The fourth-order valence-corrected chi connectivity index (χ4v) is 3.03. The van der Waals surface area contributed by atoms with Gasteiger partial charge in [-0.3, -0.25) is 0 Å². The van der Waals surface area contributed by atoms with E-state index in [2.05, 4.69) is 22.0 Å². The predicted octanol–water partition coefficient (Wildman–Crippen LogP) is 4.37. The van der Waals surface area contributed by atoms with E-state index < -0.39 is 0 Å². The zero-order chi connectivity index (χ0) is 14.8. The molecule has 3 nitrogen and oxygen atoms in total. The third kappa shape index (κ3) is 3.06. The highest BCUT2D eigenvalue weighted by molar-refractivity contribution is 9.10. The number of nitrogens with two attached hydrogens (primary N) is 1. The number of hydrogen-bond donors (Lipinski definition) is 1. The van der Waals surface area contributed by atoms with Crippen molar-refractivity contribution < 1.29 is 9.47 Å². The molecule has 0 saturated heterocycles. The Morgan fingerprint density at radius 2 is 2.14 bits per heavy atom. The van der Waals surface area contributed by atoms with Gasteiger partial charge in [-0.15, -0.1) is 0 Å². The van der Waals surface area contributed by atoms with Crippen LogP contribution in [0.2, 0.25) is 0 Å². The van der Waals surface area contributed by atoms with Gasteiger partial charge in [0.1, 0.15) is 17.6 Å². The van der Waals surface area contributed by atoms with Crippen molar-refractivity contribution in [2.45, 2.75) is 25.5 Å². The Morgan fingerprint density at radius 3 is 2.95 bits per heavy atom. The van der Waals surface area contributed by atoms with Gasteiger partial charge >= 0.3 is 0 Å². The van der Waals surface area contributed by atoms with Crippen molar-refractivity contribution in [3.63, 3.8) is 0 Å². The maximum Gasteiger partial charge on any atom is 0.126 e. The highest BCUT2D eigenvalue weighted by Crippen LogP contribution is 2.41. The minimum absolute atomic E-state index is 0.0213. The molecule has 0 amide bonds. The summed E-state index contributed by atoms with van der Waals surface area (Å²) < 4.78 is 12.7. The number of benzene rings is 2. The molecule has 0 radical (unpaired) electrons. The van der Waals surface area contributed by atoms with E-state index in [1.54, 1.807) is 0 Å². The summed E-state index contributed by atoms with van der Waals surface area (Å²) in [6.07, 6.45) is 0.730. The second-order valence-corrected chi connectivity index (χ2v) is 6.05. The summed E-state index contributed by atoms with van der Waals surface area (Å²) in [6.45, 7) is 2.64. The molecule has 2 aromatic carbocycles. The van der Waals surface area contributed by atoms with Gasteiger partial charge in [-0.2, -0.15) is 0 Å². The number of ether oxygens (including phenoxy) is 2. The van der Waals surface area contributed by atoms with Crippen molar-refractivity contribution in [3.8, 4) is 11.5 Å². The molecule has 0 fully saturated rings. The van der Waals surface area contributed by atoms with Crippen molar-refractivity contribution in [2.24, 2.45) is 5.73 Å². The van der Waals surface area contributed by atoms with Gasteiger partial charge < -0.3 is 15.2 Å². The predicted molar refractivity (Wildman–Crippen MR) is 86.7 cm³/mol. The van der Waals surface area contributed by atoms with Crippen LogP contribution in [0, 0.1) is 0 Å². The fourth-order valence-electron chi connectivity index (χ4n) is 2.65. The summed E-state index contributed by atoms with van der Waals surface area (Å²) in [7, 11) is 0. The zero-order valence-corrected chi connectivity index (χ0v) is 13.5. The van der Waals surface area contributed by atoms with E-state index in [1.807, 2.05) is 43.3 Å². The van der Waals surface area contributed by atoms with Gasteiger partial charge in [0.25, 0.3) is 0 Å². The second-order valence-electron chi connectivity index (χ2n) is 5.14. The Bertz CT molecular complexity index is 644. The summed E-state index contributed by atoms with van der Waals surface area (Å²) in [5, 5.41) is 0. The first-order valence-corrected chi connectivity index (χ1v) is 7.91. The van der Waals surface area contributed by atoms with E-state index in [1.165, 1.54) is 0 Å². The van der Waals surface area contributed by atoms with Crippen molar-refractivity contribution >= 4 is 15.9 Å². The lowest BCUT2D eigenvalue weighted by Crippen LogP contribution is -2.24. The molecule has 1 aliphatic rings. The summed E-state index contributed by atoms with van der Waals surface area (Å²) in [5.74, 6) is 1.73. The molecular weight excluding hydrogens is 330 g/mol. The summed E-state index contributed by atoms with van der Waals surface area (Å²) >= 11 is 3.48. The first kappa shape index (κ1) is 14.4. The normalized spacial score (nSPS) is 20.5. The molecule has 2 N–H and O–H groups in total. The van der Waals surface area contributed by atoms with Gasteiger partial charge in [-0.05, 0) is 42.8 Å². The molecule has 21 heavy (non-hydrogen) atoms. The van der Waals surface area contributed by atoms with Crippen molar-refractivity contribution in [1.82, 2.24) is 0 Å². The van der Waals surface area contributed by atoms with Crippen molar-refractivity contribution in [2.75, 3.05) is 6.61 Å². The molecule has 4 heteroatoms. The van der Waals surface area contributed by atoms with E-state index in [0.29, 0.717) is 6.61 Å². The van der Waals surface area contributed by atoms with Crippen LogP contribution in [-0.2, 0) is 0 Å². The molecule has 1 aliphatic heterocycles. The molecule has 1 heterocycles. The third-order valence-electron chi connectivity index (χ3n) is 3.65. The molecule has 0 saturated carbocycles. The second kappa shape index (κ2) is 6.08. The van der Waals surface area contributed by atoms with Gasteiger partial charge in [0.15, 0.2) is 0 Å². The molecule has 3 rings (SSSR count). The zero-order valence-electron chi connectivity index (χ0n) is 11.9. The fraction of sp³-hybridized carbons (Fsp3) is 0.294. The van der Waals surface area contributed by atoms with E-state index in [-0.39, 0.29) is 12.1 Å². The summed E-state index contributed by atoms with van der Waals surface area (Å²) in [5.41, 5.74) is 8.47. The van der Waals surface area contributed by atoms with Crippen LogP contribution >= 0.6 is 15.9 Å². The van der Waals surface area contributed by atoms with Crippen molar-refractivity contribution in [3.05, 3.63) is 58.1 Å². The van der Waals surface area contributed by atoms with Crippen molar-refractivity contribution in [1.29, 1.82) is 0 Å². The van der Waals surface area contributed by atoms with Crippen LogP contribution in [0.15, 0.2) is 46.9 Å². The van der Waals surface area contributed by atoms with E-state index in [0.717, 1.165) is 33.5 Å². The average Bonchev–Trinajstić information content (AvgIpc) is 2.48. The number of hydrogen-bond acceptors (Lipinski definition) is 3. The van der Waals surface area contributed by atoms with Crippen LogP contribution in [0.5, 0.6) is 11.5 Å². The quantitative estimate of drug-likeness (QED) is 0.896. The standard InChI is InChI=1S/C17H18BrNO2/c1-2-20-13-5-3-4-11(8-13)17-10-15(19)14-9-12(18)6-7-16(14)21-17/h3-9,15,17H,2,10,19H2,1H3/t15-,17?/m0/s1. The van der Waals surface area contributed by atoms with Gasteiger partial charge in [-0.25, -0.2) is 0 Å². The molecule has 0 spiro atoms. The van der Waals surface area contributed by atoms with Gasteiger partial charge in [-0.1, -0.05) is 28.1 Å². The van der Waals surface area contributed by atoms with Gasteiger partial charge in [0, 0.05) is 22.5 Å². The van der Waals surface area contributed by atoms with Crippen LogP contribution in [0.4, 0.5) is 0 Å². The third-order valence-corrected chi connectivity index (χ3v) is 4.14. The van der Waals surface area contributed by atoms with Crippen LogP contribution in [0.1, 0.15) is 36.6 Å². The molecule has 0 aliphatic carbocycles. The Kier molecular flexibility index (Phi) is 4.17. The topological polar surface area (TPSA) is 44.5 Å². The largest absolute Gasteiger partial charge is 0.494 e. The minimum atomic E-state index is -0.0333. The maximum absolute atomic E-state index is 6.31. The molecule has 2 aromatic rings. The minimum Gasteiger partial charge on any atom is -0.494 e. The highest BCUT2D eigenvalue weighted by atomic mass is 79.9. The lowest BCUT2D eigenvalue weighted by molar-refractivity contribution is 0.161. The summed E-state index contributed by atoms with van der Waals surface area (Å²) in [4.78, 5) is 0. The number of fused-ring (bicyclic) bond motifs is 1. The summed E-state index contributed by atoms with van der Waals surface area (Å²) in [6, 6.07) is 14.0. The van der Waals surface area contributed by atoms with Crippen LogP contribution < -0.4 is 15.2 Å². The van der Waals surface area contributed by atoms with Gasteiger partial charge in [0.05, 0.1) is 6.61 Å². The average molecular weight is 348 g/mol. The Hall–Kier alpha value is -1.52.